The molecule has 0 saturated heterocycles. The van der Waals surface area contributed by atoms with Gasteiger partial charge in [0.1, 0.15) is 0 Å². The van der Waals surface area contributed by atoms with E-state index < -0.39 is 0 Å². The summed E-state index contributed by atoms with van der Waals surface area (Å²) in [5.41, 5.74) is 3.71. The van der Waals surface area contributed by atoms with Crippen LogP contribution in [0.15, 0.2) is 35.2 Å². The van der Waals surface area contributed by atoms with Crippen LogP contribution in [0.4, 0.5) is 0 Å². The fourth-order valence-corrected chi connectivity index (χ4v) is 4.26. The van der Waals surface area contributed by atoms with Crippen molar-refractivity contribution in [3.05, 3.63) is 47.3 Å². The van der Waals surface area contributed by atoms with Gasteiger partial charge in [-0.05, 0) is 49.4 Å². The maximum Gasteiger partial charge on any atom is 0.224 e. The minimum absolute atomic E-state index is 0.0850. The van der Waals surface area contributed by atoms with E-state index >= 15 is 0 Å². The molecule has 4 nitrogen and oxygen atoms in total. The van der Waals surface area contributed by atoms with Crippen LogP contribution in [0.25, 0.3) is 0 Å². The summed E-state index contributed by atoms with van der Waals surface area (Å²) >= 11 is 1.84. The standard InChI is InChI=1S/C22H29N3OS/c1-15(2)27-19-9-3-16(4-10-19)13-22(26)23-11-12-25-21(18-7-8-18)14-20(24-25)17-5-6-17/h3-4,9-10,14-15,17-18H,5-8,11-13H2,1-2H3,(H,23,26). The molecule has 0 bridgehead atoms. The second-order valence-electron chi connectivity index (χ2n) is 8.10. The zero-order chi connectivity index (χ0) is 18.8. The van der Waals surface area contributed by atoms with Crippen molar-refractivity contribution in [2.24, 2.45) is 0 Å². The van der Waals surface area contributed by atoms with Gasteiger partial charge in [0.25, 0.3) is 0 Å². The first-order chi connectivity index (χ1) is 13.1. The first-order valence-corrected chi connectivity index (χ1v) is 11.1. The number of rotatable bonds is 9. The molecule has 0 aliphatic heterocycles. The van der Waals surface area contributed by atoms with Gasteiger partial charge in [-0.1, -0.05) is 26.0 Å². The smallest absolute Gasteiger partial charge is 0.224 e. The third kappa shape index (κ3) is 5.16. The highest BCUT2D eigenvalue weighted by atomic mass is 32.2. The number of carbonyl (C=O) groups is 1. The van der Waals surface area contributed by atoms with Crippen molar-refractivity contribution in [1.82, 2.24) is 15.1 Å². The normalized spacial score (nSPS) is 16.7. The summed E-state index contributed by atoms with van der Waals surface area (Å²) in [5.74, 6) is 1.47. The molecule has 1 aromatic heterocycles. The largest absolute Gasteiger partial charge is 0.354 e. The summed E-state index contributed by atoms with van der Waals surface area (Å²) in [7, 11) is 0. The Morgan fingerprint density at radius 2 is 1.89 bits per heavy atom. The minimum atomic E-state index is 0.0850. The summed E-state index contributed by atoms with van der Waals surface area (Å²) in [6.07, 6.45) is 5.58. The van der Waals surface area contributed by atoms with E-state index in [9.17, 15) is 4.79 Å². The second-order valence-corrected chi connectivity index (χ2v) is 9.75. The van der Waals surface area contributed by atoms with Gasteiger partial charge in [0.15, 0.2) is 0 Å². The number of carbonyl (C=O) groups excluding carboxylic acids is 1. The van der Waals surface area contributed by atoms with Gasteiger partial charge >= 0.3 is 0 Å². The van der Waals surface area contributed by atoms with E-state index in [1.54, 1.807) is 0 Å². The van der Waals surface area contributed by atoms with Crippen LogP contribution in [-0.2, 0) is 17.8 Å². The predicted molar refractivity (Wildman–Crippen MR) is 110 cm³/mol. The quantitative estimate of drug-likeness (QED) is 0.649. The first kappa shape index (κ1) is 18.6. The summed E-state index contributed by atoms with van der Waals surface area (Å²) in [6.45, 7) is 5.79. The second kappa shape index (κ2) is 8.09. The number of benzene rings is 1. The molecule has 0 atom stereocenters. The highest BCUT2D eigenvalue weighted by Crippen LogP contribution is 2.44. The van der Waals surface area contributed by atoms with Gasteiger partial charge in [-0.15, -0.1) is 11.8 Å². The van der Waals surface area contributed by atoms with E-state index in [2.05, 4.69) is 54.2 Å². The Labute approximate surface area is 166 Å². The van der Waals surface area contributed by atoms with Gasteiger partial charge in [-0.25, -0.2) is 0 Å². The fourth-order valence-electron chi connectivity index (χ4n) is 3.42. The van der Waals surface area contributed by atoms with Gasteiger partial charge in [-0.3, -0.25) is 9.48 Å². The van der Waals surface area contributed by atoms with Gasteiger partial charge < -0.3 is 5.32 Å². The molecule has 2 aromatic rings. The lowest BCUT2D eigenvalue weighted by Gasteiger charge is -2.09. The van der Waals surface area contributed by atoms with Crippen LogP contribution in [-0.4, -0.2) is 27.5 Å². The molecule has 1 N–H and O–H groups in total. The lowest BCUT2D eigenvalue weighted by atomic mass is 10.1. The van der Waals surface area contributed by atoms with E-state index in [0.717, 1.165) is 12.1 Å². The van der Waals surface area contributed by atoms with Crippen molar-refractivity contribution < 1.29 is 4.79 Å². The number of aromatic nitrogens is 2. The average Bonchev–Trinajstić information content (AvgIpc) is 3.55. The Bertz CT molecular complexity index is 788. The van der Waals surface area contributed by atoms with E-state index in [1.807, 2.05) is 11.8 Å². The lowest BCUT2D eigenvalue weighted by molar-refractivity contribution is -0.120. The molecule has 1 heterocycles. The van der Waals surface area contributed by atoms with Crippen LogP contribution < -0.4 is 5.32 Å². The van der Waals surface area contributed by atoms with Crippen molar-refractivity contribution in [3.8, 4) is 0 Å². The van der Waals surface area contributed by atoms with Crippen molar-refractivity contribution in [3.63, 3.8) is 0 Å². The van der Waals surface area contributed by atoms with Crippen molar-refractivity contribution in [1.29, 1.82) is 0 Å². The number of nitrogens with one attached hydrogen (secondary N) is 1. The molecule has 1 aromatic carbocycles. The van der Waals surface area contributed by atoms with Gasteiger partial charge in [0, 0.05) is 34.2 Å². The Hall–Kier alpha value is -1.75. The van der Waals surface area contributed by atoms with E-state index in [1.165, 1.54) is 42.0 Å². The Kier molecular flexibility index (Phi) is 5.58. The van der Waals surface area contributed by atoms with Crippen molar-refractivity contribution in [2.45, 2.75) is 74.5 Å². The molecule has 1 amide bonds. The van der Waals surface area contributed by atoms with Gasteiger partial charge in [0.2, 0.25) is 5.91 Å². The summed E-state index contributed by atoms with van der Waals surface area (Å²) in [6, 6.07) is 10.7. The van der Waals surface area contributed by atoms with Crippen LogP contribution >= 0.6 is 11.8 Å². The number of nitrogens with zero attached hydrogens (tertiary/aromatic N) is 2. The van der Waals surface area contributed by atoms with Gasteiger partial charge in [0.05, 0.1) is 18.7 Å². The summed E-state index contributed by atoms with van der Waals surface area (Å²) < 4.78 is 2.14. The average molecular weight is 384 g/mol. The van der Waals surface area contributed by atoms with Crippen LogP contribution in [0.3, 0.4) is 0 Å². The zero-order valence-corrected chi connectivity index (χ0v) is 17.1. The predicted octanol–water partition coefficient (Wildman–Crippen LogP) is 4.50. The van der Waals surface area contributed by atoms with E-state index in [4.69, 9.17) is 5.10 Å². The third-order valence-electron chi connectivity index (χ3n) is 5.13. The van der Waals surface area contributed by atoms with E-state index in [0.29, 0.717) is 30.1 Å². The third-order valence-corrected chi connectivity index (χ3v) is 6.14. The molecule has 4 rings (SSSR count). The van der Waals surface area contributed by atoms with Crippen LogP contribution in [0.1, 0.15) is 68.3 Å². The van der Waals surface area contributed by atoms with Crippen molar-refractivity contribution in [2.75, 3.05) is 6.54 Å². The monoisotopic (exact) mass is 383 g/mol. The topological polar surface area (TPSA) is 46.9 Å². The van der Waals surface area contributed by atoms with Crippen LogP contribution in [0.5, 0.6) is 0 Å². The van der Waals surface area contributed by atoms with E-state index in [-0.39, 0.29) is 5.91 Å². The highest BCUT2D eigenvalue weighted by Gasteiger charge is 2.32. The molecule has 2 saturated carbocycles. The minimum Gasteiger partial charge on any atom is -0.354 e. The molecule has 27 heavy (non-hydrogen) atoms. The highest BCUT2D eigenvalue weighted by molar-refractivity contribution is 7.99. The van der Waals surface area contributed by atoms with Crippen LogP contribution in [0.2, 0.25) is 0 Å². The maximum atomic E-state index is 12.3. The fraction of sp³-hybridized carbons (Fsp3) is 0.545. The molecule has 0 radical (unpaired) electrons. The number of hydrogen-bond acceptors (Lipinski definition) is 3. The molecule has 2 fully saturated rings. The van der Waals surface area contributed by atoms with Gasteiger partial charge in [-0.2, -0.15) is 5.10 Å². The maximum absolute atomic E-state index is 12.3. The molecule has 5 heteroatoms. The number of amides is 1. The Morgan fingerprint density at radius 3 is 2.52 bits per heavy atom. The summed E-state index contributed by atoms with van der Waals surface area (Å²) in [4.78, 5) is 13.5. The molecule has 2 aliphatic carbocycles. The number of thioether (sulfide) groups is 1. The molecular formula is C22H29N3OS. The van der Waals surface area contributed by atoms with Crippen LogP contribution in [0, 0.1) is 0 Å². The Balaban J connectivity index is 1.26. The zero-order valence-electron chi connectivity index (χ0n) is 16.3. The molecule has 144 valence electrons. The van der Waals surface area contributed by atoms with Crippen molar-refractivity contribution >= 4 is 17.7 Å². The number of hydrogen-bond donors (Lipinski definition) is 1. The first-order valence-electron chi connectivity index (χ1n) is 10.2. The molecule has 2 aliphatic rings. The Morgan fingerprint density at radius 1 is 1.19 bits per heavy atom. The molecule has 0 unspecified atom stereocenters. The molecule has 0 spiro atoms. The lowest BCUT2D eigenvalue weighted by Crippen LogP contribution is -2.29. The molecular weight excluding hydrogens is 354 g/mol. The summed E-state index contributed by atoms with van der Waals surface area (Å²) in [5, 5.41) is 8.44. The SMILES string of the molecule is CC(C)Sc1ccc(CC(=O)NCCn2nc(C3CC3)cc2C2CC2)cc1.